The highest BCUT2D eigenvalue weighted by Crippen LogP contribution is 2.22. The Bertz CT molecular complexity index is 1010. The predicted octanol–water partition coefficient (Wildman–Crippen LogP) is 3.60. The Balaban J connectivity index is 1.38. The molecular weight excluding hydrogens is 388 g/mol. The molecule has 2 aromatic carbocycles. The third kappa shape index (κ3) is 5.02. The average molecular weight is 417 g/mol. The van der Waals surface area contributed by atoms with E-state index in [2.05, 4.69) is 10.4 Å². The molecule has 2 heterocycles. The van der Waals surface area contributed by atoms with Crippen LogP contribution < -0.4 is 5.32 Å². The van der Waals surface area contributed by atoms with Gasteiger partial charge in [0, 0.05) is 37.0 Å². The van der Waals surface area contributed by atoms with Crippen LogP contribution in [0.15, 0.2) is 73.1 Å². The van der Waals surface area contributed by atoms with Gasteiger partial charge in [-0.25, -0.2) is 0 Å². The van der Waals surface area contributed by atoms with Crippen molar-refractivity contribution in [3.63, 3.8) is 0 Å². The second-order valence-electron chi connectivity index (χ2n) is 8.08. The number of likely N-dealkylation sites (tertiary alicyclic amines) is 1. The molecule has 1 saturated heterocycles. The van der Waals surface area contributed by atoms with E-state index in [1.807, 2.05) is 83.4 Å². The molecule has 0 spiro atoms. The Labute approximate surface area is 182 Å². The van der Waals surface area contributed by atoms with E-state index in [4.69, 9.17) is 0 Å². The molecule has 1 N–H and O–H groups in total. The molecule has 1 aliphatic heterocycles. The lowest BCUT2D eigenvalue weighted by atomic mass is 9.94. The summed E-state index contributed by atoms with van der Waals surface area (Å²) in [6.45, 7) is 3.73. The molecule has 1 fully saturated rings. The maximum Gasteiger partial charge on any atom is 0.254 e. The summed E-state index contributed by atoms with van der Waals surface area (Å²) < 4.78 is 1.83. The molecule has 1 aromatic heterocycles. The van der Waals surface area contributed by atoms with Crippen molar-refractivity contribution < 1.29 is 9.59 Å². The summed E-state index contributed by atoms with van der Waals surface area (Å²) in [6, 6.07) is 19.4. The van der Waals surface area contributed by atoms with Crippen molar-refractivity contribution >= 4 is 11.8 Å². The molecule has 1 aliphatic rings. The summed E-state index contributed by atoms with van der Waals surface area (Å²) in [5.41, 5.74) is 2.78. The van der Waals surface area contributed by atoms with Gasteiger partial charge in [-0.05, 0) is 43.0 Å². The predicted molar refractivity (Wildman–Crippen MR) is 119 cm³/mol. The van der Waals surface area contributed by atoms with Crippen molar-refractivity contribution in [3.8, 4) is 0 Å². The minimum absolute atomic E-state index is 0.0454. The number of hydrogen-bond acceptors (Lipinski definition) is 3. The van der Waals surface area contributed by atoms with E-state index in [9.17, 15) is 9.59 Å². The van der Waals surface area contributed by atoms with Gasteiger partial charge in [-0.2, -0.15) is 5.10 Å². The first-order chi connectivity index (χ1) is 15.1. The number of piperidine rings is 1. The number of aryl methyl sites for hydroxylation is 1. The molecule has 6 heteroatoms. The highest BCUT2D eigenvalue weighted by atomic mass is 16.2. The van der Waals surface area contributed by atoms with Crippen LogP contribution in [0.25, 0.3) is 0 Å². The largest absolute Gasteiger partial charge is 0.347 e. The van der Waals surface area contributed by atoms with Crippen LogP contribution in [-0.2, 0) is 11.3 Å². The molecular formula is C25H28N4O2. The first-order valence-corrected chi connectivity index (χ1v) is 10.8. The van der Waals surface area contributed by atoms with E-state index < -0.39 is 0 Å². The normalized spacial score (nSPS) is 15.5. The lowest BCUT2D eigenvalue weighted by Gasteiger charge is -2.32. The van der Waals surface area contributed by atoms with Crippen molar-refractivity contribution in [3.05, 3.63) is 89.7 Å². The third-order valence-corrected chi connectivity index (χ3v) is 5.98. The second-order valence-corrected chi connectivity index (χ2v) is 8.08. The van der Waals surface area contributed by atoms with Crippen molar-refractivity contribution in [1.82, 2.24) is 20.0 Å². The van der Waals surface area contributed by atoms with Crippen molar-refractivity contribution in [2.45, 2.75) is 32.4 Å². The lowest BCUT2D eigenvalue weighted by Crippen LogP contribution is -2.44. The molecule has 1 atom stereocenters. The molecule has 3 aromatic rings. The number of nitrogens with one attached hydrogen (secondary N) is 1. The molecule has 4 rings (SSSR count). The summed E-state index contributed by atoms with van der Waals surface area (Å²) in [5, 5.41) is 7.51. The summed E-state index contributed by atoms with van der Waals surface area (Å²) >= 11 is 0. The van der Waals surface area contributed by atoms with Crippen LogP contribution in [0.3, 0.4) is 0 Å². The molecule has 0 aliphatic carbocycles. The van der Waals surface area contributed by atoms with Gasteiger partial charge in [-0.3, -0.25) is 14.3 Å². The number of carbonyl (C=O) groups excluding carboxylic acids is 2. The maximum absolute atomic E-state index is 13.1. The number of hydrogen-bond donors (Lipinski definition) is 1. The van der Waals surface area contributed by atoms with Gasteiger partial charge >= 0.3 is 0 Å². The smallest absolute Gasteiger partial charge is 0.254 e. The molecule has 0 saturated carbocycles. The summed E-state index contributed by atoms with van der Waals surface area (Å²) in [7, 11) is 0. The highest BCUT2D eigenvalue weighted by Gasteiger charge is 2.29. The van der Waals surface area contributed by atoms with Gasteiger partial charge in [-0.1, -0.05) is 48.5 Å². The van der Waals surface area contributed by atoms with E-state index in [1.54, 1.807) is 6.20 Å². The maximum atomic E-state index is 13.1. The van der Waals surface area contributed by atoms with E-state index in [0.29, 0.717) is 32.5 Å². The standard InChI is InChI=1S/C25H28N4O2/c1-19-8-5-6-11-22(19)25(31)28-16-12-21(13-17-28)24(30)27-23(18-29-15-7-14-26-29)20-9-3-2-4-10-20/h2-11,14-15,21,23H,12-13,16-18H2,1H3,(H,27,30)/t23-/m1/s1. The molecule has 6 nitrogen and oxygen atoms in total. The molecule has 0 unspecified atom stereocenters. The van der Waals surface area contributed by atoms with Gasteiger partial charge in [-0.15, -0.1) is 0 Å². The fourth-order valence-electron chi connectivity index (χ4n) is 4.13. The van der Waals surface area contributed by atoms with Gasteiger partial charge < -0.3 is 10.2 Å². The molecule has 160 valence electrons. The summed E-state index contributed by atoms with van der Waals surface area (Å²) in [6.07, 6.45) is 4.99. The van der Waals surface area contributed by atoms with Gasteiger partial charge in [0.15, 0.2) is 0 Å². The van der Waals surface area contributed by atoms with E-state index in [1.165, 1.54) is 0 Å². The van der Waals surface area contributed by atoms with Gasteiger partial charge in [0.25, 0.3) is 5.91 Å². The van der Waals surface area contributed by atoms with Crippen LogP contribution in [0.2, 0.25) is 0 Å². The zero-order valence-electron chi connectivity index (χ0n) is 17.8. The second kappa shape index (κ2) is 9.60. The molecule has 0 bridgehead atoms. The fourth-order valence-corrected chi connectivity index (χ4v) is 4.13. The SMILES string of the molecule is Cc1ccccc1C(=O)N1CCC(C(=O)N[C@H](Cn2cccn2)c2ccccc2)CC1. The number of rotatable bonds is 6. The summed E-state index contributed by atoms with van der Waals surface area (Å²) in [5.74, 6) is 0.00607. The minimum atomic E-state index is -0.153. The Hall–Kier alpha value is -3.41. The minimum Gasteiger partial charge on any atom is -0.347 e. The average Bonchev–Trinajstić information content (AvgIpc) is 3.32. The third-order valence-electron chi connectivity index (χ3n) is 5.98. The van der Waals surface area contributed by atoms with Crippen molar-refractivity contribution in [2.24, 2.45) is 5.92 Å². The van der Waals surface area contributed by atoms with Crippen molar-refractivity contribution in [1.29, 1.82) is 0 Å². The number of carbonyl (C=O) groups is 2. The Kier molecular flexibility index (Phi) is 6.46. The molecule has 2 amide bonds. The first kappa shape index (κ1) is 20.8. The Morgan fingerprint density at radius 3 is 2.42 bits per heavy atom. The van der Waals surface area contributed by atoms with Crippen LogP contribution in [0.4, 0.5) is 0 Å². The number of nitrogens with zero attached hydrogens (tertiary/aromatic N) is 3. The first-order valence-electron chi connectivity index (χ1n) is 10.8. The monoisotopic (exact) mass is 416 g/mol. The molecule has 31 heavy (non-hydrogen) atoms. The van der Waals surface area contributed by atoms with Crippen LogP contribution in [0.1, 0.15) is 40.4 Å². The number of aromatic nitrogens is 2. The summed E-state index contributed by atoms with van der Waals surface area (Å²) in [4.78, 5) is 27.8. The topological polar surface area (TPSA) is 67.2 Å². The molecule has 0 radical (unpaired) electrons. The zero-order chi connectivity index (χ0) is 21.6. The Morgan fingerprint density at radius 2 is 1.74 bits per heavy atom. The van der Waals surface area contributed by atoms with E-state index in [-0.39, 0.29) is 23.8 Å². The van der Waals surface area contributed by atoms with Gasteiger partial charge in [0.05, 0.1) is 12.6 Å². The van der Waals surface area contributed by atoms with Gasteiger partial charge in [0.2, 0.25) is 5.91 Å². The quantitative estimate of drug-likeness (QED) is 0.668. The van der Waals surface area contributed by atoms with Crippen LogP contribution in [0.5, 0.6) is 0 Å². The van der Waals surface area contributed by atoms with Gasteiger partial charge in [0.1, 0.15) is 0 Å². The fraction of sp³-hybridized carbons (Fsp3) is 0.320. The van der Waals surface area contributed by atoms with E-state index >= 15 is 0 Å². The van der Waals surface area contributed by atoms with Crippen molar-refractivity contribution in [2.75, 3.05) is 13.1 Å². The Morgan fingerprint density at radius 1 is 1.03 bits per heavy atom. The van der Waals surface area contributed by atoms with Crippen LogP contribution in [0, 0.1) is 12.8 Å². The zero-order valence-corrected chi connectivity index (χ0v) is 17.8. The number of amides is 2. The number of benzene rings is 2. The lowest BCUT2D eigenvalue weighted by molar-refractivity contribution is -0.127. The van der Waals surface area contributed by atoms with Crippen LogP contribution >= 0.6 is 0 Å². The van der Waals surface area contributed by atoms with Crippen LogP contribution in [-0.4, -0.2) is 39.6 Å². The van der Waals surface area contributed by atoms with E-state index in [0.717, 1.165) is 16.7 Å². The highest BCUT2D eigenvalue weighted by molar-refractivity contribution is 5.95.